The van der Waals surface area contributed by atoms with Crippen molar-refractivity contribution in [2.24, 2.45) is 0 Å². The third-order valence-corrected chi connectivity index (χ3v) is 10.7. The summed E-state index contributed by atoms with van der Waals surface area (Å²) in [6.07, 6.45) is 1.91. The molecule has 0 aliphatic carbocycles. The third-order valence-electron chi connectivity index (χ3n) is 10.7. The van der Waals surface area contributed by atoms with E-state index in [0.717, 1.165) is 88.4 Å². The van der Waals surface area contributed by atoms with Crippen LogP contribution in [0.1, 0.15) is 0 Å². The molecule has 0 amide bonds. The fourth-order valence-corrected chi connectivity index (χ4v) is 8.20. The fraction of sp³-hybridized carbons (Fsp3) is 0. The number of hydrogen-bond acceptors (Lipinski definition) is 3. The summed E-state index contributed by atoms with van der Waals surface area (Å²) >= 11 is 0. The predicted octanol–water partition coefficient (Wildman–Crippen LogP) is 13.7. The Balaban J connectivity index is 1.04. The van der Waals surface area contributed by atoms with Gasteiger partial charge in [-0.1, -0.05) is 158 Å². The van der Waals surface area contributed by atoms with Crippen LogP contribution in [0.5, 0.6) is 0 Å². The molecule has 246 valence electrons. The average Bonchev–Trinajstić information content (AvgIpc) is 3.61. The summed E-state index contributed by atoms with van der Waals surface area (Å²) < 4.78 is 6.93. The zero-order chi connectivity index (χ0) is 34.9. The Morgan fingerprint density at radius 2 is 0.925 bits per heavy atom. The lowest BCUT2D eigenvalue weighted by atomic mass is 9.94. The van der Waals surface area contributed by atoms with Crippen molar-refractivity contribution in [2.75, 3.05) is 0 Å². The Kier molecular flexibility index (Phi) is 6.55. The average molecular weight is 675 g/mol. The molecule has 3 heteroatoms. The summed E-state index contributed by atoms with van der Waals surface area (Å²) in [6, 6.07) is 62.3. The van der Waals surface area contributed by atoms with Gasteiger partial charge in [-0.25, -0.2) is 4.98 Å². The molecule has 0 radical (unpaired) electrons. The molecule has 0 aliphatic rings. The van der Waals surface area contributed by atoms with Crippen LogP contribution >= 0.6 is 0 Å². The molecule has 0 N–H and O–H groups in total. The number of nitrogens with zero attached hydrogens (tertiary/aromatic N) is 2. The lowest BCUT2D eigenvalue weighted by Crippen LogP contribution is -1.92. The Labute approximate surface area is 305 Å². The molecule has 0 atom stereocenters. The molecule has 11 rings (SSSR count). The number of furan rings is 1. The van der Waals surface area contributed by atoms with Crippen LogP contribution in [0.4, 0.5) is 0 Å². The Bertz CT molecular complexity index is 3200. The van der Waals surface area contributed by atoms with E-state index >= 15 is 0 Å². The zero-order valence-corrected chi connectivity index (χ0v) is 28.6. The number of hydrogen-bond donors (Lipinski definition) is 0. The summed E-state index contributed by atoms with van der Waals surface area (Å²) in [6.45, 7) is 0. The molecule has 2 heterocycles. The first-order valence-corrected chi connectivity index (χ1v) is 18.0. The molecule has 3 nitrogen and oxygen atoms in total. The van der Waals surface area contributed by atoms with Gasteiger partial charge in [0.05, 0.1) is 22.9 Å². The number of para-hydroxylation sites is 1. The van der Waals surface area contributed by atoms with Crippen molar-refractivity contribution in [3.8, 4) is 44.6 Å². The van der Waals surface area contributed by atoms with Gasteiger partial charge in [0.15, 0.2) is 0 Å². The van der Waals surface area contributed by atoms with Gasteiger partial charge in [0.25, 0.3) is 0 Å². The molecule has 0 unspecified atom stereocenters. The topological polar surface area (TPSA) is 38.9 Å². The third kappa shape index (κ3) is 4.68. The SMILES string of the molecule is c1ccc(-c2c3ccccc3cc3c2oc2c(-c4cccc(-c5cccc(-c6cnc7c8ccccc8c8ccccc8c7n6)c5)c4)cccc23)cc1. The van der Waals surface area contributed by atoms with Gasteiger partial charge in [0.1, 0.15) is 11.2 Å². The molecule has 0 bridgehead atoms. The minimum atomic E-state index is 0.851. The highest BCUT2D eigenvalue weighted by molar-refractivity contribution is 6.23. The van der Waals surface area contributed by atoms with Crippen molar-refractivity contribution < 1.29 is 4.42 Å². The maximum absolute atomic E-state index is 6.93. The van der Waals surface area contributed by atoms with E-state index < -0.39 is 0 Å². The van der Waals surface area contributed by atoms with Crippen LogP contribution in [0, 0.1) is 0 Å². The maximum Gasteiger partial charge on any atom is 0.143 e. The van der Waals surface area contributed by atoms with Gasteiger partial charge in [-0.2, -0.15) is 0 Å². The first kappa shape index (κ1) is 29.6. The molecule has 2 aromatic heterocycles. The molecule has 11 aromatic rings. The van der Waals surface area contributed by atoms with E-state index in [0.29, 0.717) is 0 Å². The minimum Gasteiger partial charge on any atom is -0.455 e. The largest absolute Gasteiger partial charge is 0.455 e. The van der Waals surface area contributed by atoms with Gasteiger partial charge in [-0.3, -0.25) is 4.98 Å². The quantitative estimate of drug-likeness (QED) is 0.174. The van der Waals surface area contributed by atoms with E-state index in [-0.39, 0.29) is 0 Å². The lowest BCUT2D eigenvalue weighted by Gasteiger charge is -2.11. The number of aromatic nitrogens is 2. The summed E-state index contributed by atoms with van der Waals surface area (Å²) in [7, 11) is 0. The fourth-order valence-electron chi connectivity index (χ4n) is 8.20. The lowest BCUT2D eigenvalue weighted by molar-refractivity contribution is 0.671. The van der Waals surface area contributed by atoms with Gasteiger partial charge in [0, 0.05) is 38.2 Å². The molecule has 0 spiro atoms. The van der Waals surface area contributed by atoms with Crippen LogP contribution in [0.15, 0.2) is 187 Å². The Morgan fingerprint density at radius 1 is 0.358 bits per heavy atom. The first-order chi connectivity index (χ1) is 26.3. The molecule has 0 saturated heterocycles. The molecule has 0 aliphatic heterocycles. The van der Waals surface area contributed by atoms with Crippen LogP contribution in [0.25, 0.3) is 110 Å². The highest BCUT2D eigenvalue weighted by Crippen LogP contribution is 2.44. The summed E-state index contributed by atoms with van der Waals surface area (Å²) in [5.41, 5.74) is 12.2. The highest BCUT2D eigenvalue weighted by atomic mass is 16.3. The van der Waals surface area contributed by atoms with Crippen molar-refractivity contribution >= 4 is 65.3 Å². The first-order valence-electron chi connectivity index (χ1n) is 18.0. The zero-order valence-electron chi connectivity index (χ0n) is 28.6. The molecule has 0 saturated carbocycles. The van der Waals surface area contributed by atoms with Gasteiger partial charge < -0.3 is 4.42 Å². The van der Waals surface area contributed by atoms with Crippen LogP contribution in [-0.4, -0.2) is 9.97 Å². The van der Waals surface area contributed by atoms with E-state index in [4.69, 9.17) is 14.4 Å². The van der Waals surface area contributed by atoms with Gasteiger partial charge in [-0.05, 0) is 62.0 Å². The van der Waals surface area contributed by atoms with E-state index in [1.807, 2.05) is 6.20 Å². The van der Waals surface area contributed by atoms with Crippen molar-refractivity contribution in [3.63, 3.8) is 0 Å². The summed E-state index contributed by atoms with van der Waals surface area (Å²) in [4.78, 5) is 10.3. The van der Waals surface area contributed by atoms with Crippen LogP contribution in [0.2, 0.25) is 0 Å². The smallest absolute Gasteiger partial charge is 0.143 e. The monoisotopic (exact) mass is 674 g/mol. The van der Waals surface area contributed by atoms with Crippen molar-refractivity contribution in [3.05, 3.63) is 182 Å². The van der Waals surface area contributed by atoms with E-state index in [1.165, 1.54) is 21.5 Å². The van der Waals surface area contributed by atoms with Crippen LogP contribution < -0.4 is 0 Å². The van der Waals surface area contributed by atoms with E-state index in [1.54, 1.807) is 0 Å². The van der Waals surface area contributed by atoms with Gasteiger partial charge in [-0.15, -0.1) is 0 Å². The second-order valence-electron chi connectivity index (χ2n) is 13.7. The van der Waals surface area contributed by atoms with Crippen molar-refractivity contribution in [2.45, 2.75) is 0 Å². The van der Waals surface area contributed by atoms with Gasteiger partial charge in [0.2, 0.25) is 0 Å². The second-order valence-corrected chi connectivity index (χ2v) is 13.7. The Morgan fingerprint density at radius 3 is 1.70 bits per heavy atom. The molecular weight excluding hydrogens is 645 g/mol. The number of rotatable bonds is 4. The van der Waals surface area contributed by atoms with E-state index in [9.17, 15) is 0 Å². The second kappa shape index (κ2) is 11.7. The van der Waals surface area contributed by atoms with Gasteiger partial charge >= 0.3 is 0 Å². The summed E-state index contributed by atoms with van der Waals surface area (Å²) in [5.74, 6) is 0. The minimum absolute atomic E-state index is 0.851. The number of benzene rings is 9. The number of fused-ring (bicyclic) bond motifs is 10. The van der Waals surface area contributed by atoms with Crippen LogP contribution in [0.3, 0.4) is 0 Å². The van der Waals surface area contributed by atoms with Crippen molar-refractivity contribution in [1.82, 2.24) is 9.97 Å². The van der Waals surface area contributed by atoms with Crippen molar-refractivity contribution in [1.29, 1.82) is 0 Å². The standard InChI is InChI=1S/C50H30N2O/c1-2-13-31(14-3-1)46-37-20-5-4-15-35(37)29-44-43-26-12-25-38(49(43)53-50(44)46)34-18-10-16-32(27-34)33-17-11-19-36(28-33)45-30-51-47-41-23-8-6-21-39(41)40-22-7-9-24-42(40)48(47)52-45/h1-30H. The highest BCUT2D eigenvalue weighted by Gasteiger charge is 2.19. The van der Waals surface area contributed by atoms with Crippen LogP contribution in [-0.2, 0) is 0 Å². The molecule has 9 aromatic carbocycles. The predicted molar refractivity (Wildman–Crippen MR) is 221 cm³/mol. The maximum atomic E-state index is 6.93. The Hall–Kier alpha value is -7.10. The molecule has 0 fully saturated rings. The molecular formula is C50H30N2O. The van der Waals surface area contributed by atoms with E-state index in [2.05, 4.69) is 176 Å². The summed E-state index contributed by atoms with van der Waals surface area (Å²) in [5, 5.41) is 9.25. The normalized spacial score (nSPS) is 11.8. The molecule has 53 heavy (non-hydrogen) atoms.